The van der Waals surface area contributed by atoms with Crippen LogP contribution in [0.3, 0.4) is 0 Å². The minimum absolute atomic E-state index is 0.661. The van der Waals surface area contributed by atoms with E-state index in [1.54, 1.807) is 7.11 Å². The van der Waals surface area contributed by atoms with Crippen molar-refractivity contribution in [2.45, 2.75) is 53.0 Å². The summed E-state index contributed by atoms with van der Waals surface area (Å²) in [6.45, 7) is 8.96. The van der Waals surface area contributed by atoms with Crippen LogP contribution in [0.2, 0.25) is 0 Å². The van der Waals surface area contributed by atoms with Gasteiger partial charge in [-0.25, -0.2) is 9.97 Å². The van der Waals surface area contributed by atoms with E-state index < -0.39 is 0 Å². The molecule has 1 N–H and O–H groups in total. The zero-order valence-electron chi connectivity index (χ0n) is 22.3. The molecule has 6 nitrogen and oxygen atoms in total. The Kier molecular flexibility index (Phi) is 10.2. The van der Waals surface area contributed by atoms with Gasteiger partial charge in [-0.15, -0.1) is 0 Å². The van der Waals surface area contributed by atoms with Crippen LogP contribution in [0, 0.1) is 18.8 Å². The topological polar surface area (TPSA) is 59.5 Å². The first-order chi connectivity index (χ1) is 16.9. The zero-order valence-corrected chi connectivity index (χ0v) is 22.3. The highest BCUT2D eigenvalue weighted by atomic mass is 16.5. The van der Waals surface area contributed by atoms with Gasteiger partial charge < -0.3 is 19.7 Å². The fourth-order valence-electron chi connectivity index (χ4n) is 4.56. The first kappa shape index (κ1) is 26.7. The van der Waals surface area contributed by atoms with E-state index in [9.17, 15) is 0 Å². The molecule has 0 aliphatic heterocycles. The fraction of sp³-hybridized carbons (Fsp3) is 0.517. The number of methoxy groups -OCH3 is 1. The molecule has 190 valence electrons. The average molecular weight is 479 g/mol. The van der Waals surface area contributed by atoms with Crippen LogP contribution >= 0.6 is 0 Å². The molecule has 0 bridgehead atoms. The van der Waals surface area contributed by atoms with E-state index in [-0.39, 0.29) is 0 Å². The summed E-state index contributed by atoms with van der Waals surface area (Å²) in [5.74, 6) is 5.22. The van der Waals surface area contributed by atoms with Gasteiger partial charge in [0.05, 0.1) is 19.2 Å². The van der Waals surface area contributed by atoms with Gasteiger partial charge in [0.25, 0.3) is 0 Å². The molecular weight excluding hydrogens is 436 g/mol. The van der Waals surface area contributed by atoms with Crippen molar-refractivity contribution >= 4 is 16.7 Å². The number of rotatable bonds is 8. The lowest BCUT2D eigenvalue weighted by molar-refractivity contribution is 0.281. The van der Waals surface area contributed by atoms with E-state index in [1.807, 2.05) is 63.2 Å². The largest absolute Gasteiger partial charge is 0.493 e. The fourth-order valence-corrected chi connectivity index (χ4v) is 4.56. The quantitative estimate of drug-likeness (QED) is 0.428. The normalized spacial score (nSPS) is 17.4. The number of fused-ring (bicyclic) bond motifs is 1. The van der Waals surface area contributed by atoms with E-state index >= 15 is 0 Å². The number of benzene rings is 2. The maximum absolute atomic E-state index is 5.55. The summed E-state index contributed by atoms with van der Waals surface area (Å²) in [5, 5.41) is 4.69. The van der Waals surface area contributed by atoms with Gasteiger partial charge in [0, 0.05) is 26.0 Å². The molecule has 1 heterocycles. The second-order valence-corrected chi connectivity index (χ2v) is 9.68. The highest BCUT2D eigenvalue weighted by molar-refractivity contribution is 5.89. The molecule has 6 heteroatoms. The van der Waals surface area contributed by atoms with Crippen molar-refractivity contribution in [2.75, 3.05) is 39.3 Å². The minimum Gasteiger partial charge on any atom is -0.493 e. The first-order valence-corrected chi connectivity index (χ1v) is 12.8. The molecule has 1 fully saturated rings. The van der Waals surface area contributed by atoms with E-state index in [0.717, 1.165) is 59.0 Å². The van der Waals surface area contributed by atoms with Crippen LogP contribution in [0.5, 0.6) is 11.5 Å². The summed E-state index contributed by atoms with van der Waals surface area (Å²) in [5.41, 5.74) is 2.25. The highest BCUT2D eigenvalue weighted by Gasteiger charge is 2.17. The molecule has 0 atom stereocenters. The Morgan fingerprint density at radius 3 is 2.43 bits per heavy atom. The molecule has 0 unspecified atom stereocenters. The third-order valence-corrected chi connectivity index (χ3v) is 6.54. The minimum atomic E-state index is 0.661. The van der Waals surface area contributed by atoms with E-state index in [4.69, 9.17) is 9.47 Å². The summed E-state index contributed by atoms with van der Waals surface area (Å²) in [7, 11) is 5.68. The summed E-state index contributed by atoms with van der Waals surface area (Å²) in [6, 6.07) is 14.2. The smallest absolute Gasteiger partial charge is 0.161 e. The molecule has 35 heavy (non-hydrogen) atoms. The maximum atomic E-state index is 5.55. The molecule has 0 radical (unpaired) electrons. The second-order valence-electron chi connectivity index (χ2n) is 9.68. The first-order valence-electron chi connectivity index (χ1n) is 12.8. The lowest BCUT2D eigenvalue weighted by atomic mass is 9.83. The van der Waals surface area contributed by atoms with Crippen molar-refractivity contribution in [2.24, 2.45) is 11.8 Å². The Bertz CT molecular complexity index is 1060. The number of aromatic nitrogens is 2. The molecule has 2 aromatic carbocycles. The monoisotopic (exact) mass is 478 g/mol. The molecule has 3 aromatic rings. The molecule has 4 rings (SSSR count). The van der Waals surface area contributed by atoms with Crippen molar-refractivity contribution in [3.05, 3.63) is 53.9 Å². The van der Waals surface area contributed by atoms with Crippen molar-refractivity contribution in [1.82, 2.24) is 15.3 Å². The van der Waals surface area contributed by atoms with Crippen LogP contribution in [0.1, 0.15) is 50.9 Å². The number of para-hydroxylation sites is 1. The number of hydrogen-bond acceptors (Lipinski definition) is 6. The molecule has 0 spiro atoms. The van der Waals surface area contributed by atoms with Gasteiger partial charge in [0.2, 0.25) is 0 Å². The summed E-state index contributed by atoms with van der Waals surface area (Å²) in [4.78, 5) is 10.8. The van der Waals surface area contributed by atoms with Gasteiger partial charge in [0.15, 0.2) is 11.5 Å². The molecular formula is C29H42N4O2. The average Bonchev–Trinajstić information content (AvgIpc) is 2.86. The number of anilines is 1. The number of hydrogen-bond donors (Lipinski definition) is 1. The van der Waals surface area contributed by atoms with E-state index in [2.05, 4.69) is 34.3 Å². The molecule has 1 aliphatic rings. The summed E-state index contributed by atoms with van der Waals surface area (Å²) < 4.78 is 10.9. The lowest BCUT2D eigenvalue weighted by Crippen LogP contribution is -2.25. The number of ether oxygens (including phenoxy) is 2. The Labute approximate surface area is 211 Å². The molecule has 0 amide bonds. The zero-order chi connectivity index (χ0) is 25.2. The van der Waals surface area contributed by atoms with Crippen molar-refractivity contribution in [3.8, 4) is 11.5 Å². The second kappa shape index (κ2) is 13.3. The van der Waals surface area contributed by atoms with Gasteiger partial charge in [-0.2, -0.15) is 0 Å². The number of nitrogens with one attached hydrogen (secondary N) is 1. The summed E-state index contributed by atoms with van der Waals surface area (Å²) in [6.07, 6.45) is 5.54. The van der Waals surface area contributed by atoms with Crippen LogP contribution in [0.25, 0.3) is 10.9 Å². The molecule has 1 saturated carbocycles. The van der Waals surface area contributed by atoms with Gasteiger partial charge in [-0.05, 0) is 74.9 Å². The molecule has 0 saturated heterocycles. The Hall–Kier alpha value is -2.86. The molecule has 1 aliphatic carbocycles. The Balaban J connectivity index is 0.000000211. The van der Waals surface area contributed by atoms with Crippen LogP contribution in [-0.2, 0) is 6.54 Å². The molecule has 1 aromatic heterocycles. The number of nitrogens with zero attached hydrogens (tertiary/aromatic N) is 3. The Morgan fingerprint density at radius 2 is 1.74 bits per heavy atom. The van der Waals surface area contributed by atoms with Crippen LogP contribution < -0.4 is 19.7 Å². The van der Waals surface area contributed by atoms with E-state index in [0.29, 0.717) is 6.61 Å². The maximum Gasteiger partial charge on any atom is 0.161 e. The third kappa shape index (κ3) is 7.82. The lowest BCUT2D eigenvalue weighted by Gasteiger charge is -2.26. The Morgan fingerprint density at radius 1 is 1.00 bits per heavy atom. The standard InChI is InChI=1S/C18H29NO2.C11H13N3/c1-4-21-17-10-9-16(11-18(17)20-3)13-19-12-15-7-5-14(2)6-8-15;1-8-12-10-7-5-4-6-9(10)11(13-8)14(2)3/h9-11,14-15,19H,4-8,12-13H2,1-3H3;4-7H,1-3H3. The summed E-state index contributed by atoms with van der Waals surface area (Å²) >= 11 is 0. The van der Waals surface area contributed by atoms with Gasteiger partial charge in [-0.1, -0.05) is 38.0 Å². The van der Waals surface area contributed by atoms with Gasteiger partial charge in [0.1, 0.15) is 11.6 Å². The number of aryl methyl sites for hydroxylation is 1. The highest BCUT2D eigenvalue weighted by Crippen LogP contribution is 2.29. The van der Waals surface area contributed by atoms with Crippen LogP contribution in [0.4, 0.5) is 5.82 Å². The van der Waals surface area contributed by atoms with Crippen molar-refractivity contribution < 1.29 is 9.47 Å². The predicted octanol–water partition coefficient (Wildman–Crippen LogP) is 6.01. The van der Waals surface area contributed by atoms with Crippen LogP contribution in [0.15, 0.2) is 42.5 Å². The van der Waals surface area contributed by atoms with Crippen molar-refractivity contribution in [1.29, 1.82) is 0 Å². The SMILES string of the molecule is CCOc1ccc(CNCC2CCC(C)CC2)cc1OC.Cc1nc(N(C)C)c2ccccc2n1. The van der Waals surface area contributed by atoms with Crippen LogP contribution in [-0.4, -0.2) is 44.3 Å². The van der Waals surface area contributed by atoms with E-state index in [1.165, 1.54) is 31.2 Å². The van der Waals surface area contributed by atoms with Crippen molar-refractivity contribution in [3.63, 3.8) is 0 Å². The van der Waals surface area contributed by atoms with Gasteiger partial charge in [-0.3, -0.25) is 0 Å². The van der Waals surface area contributed by atoms with Gasteiger partial charge >= 0.3 is 0 Å². The third-order valence-electron chi connectivity index (χ3n) is 6.54. The predicted molar refractivity (Wildman–Crippen MR) is 146 cm³/mol.